The summed E-state index contributed by atoms with van der Waals surface area (Å²) in [6.45, 7) is 3.39. The highest BCUT2D eigenvalue weighted by Gasteiger charge is 2.28. The van der Waals surface area contributed by atoms with Gasteiger partial charge in [0.25, 0.3) is 16.0 Å². The molecule has 0 saturated carbocycles. The Morgan fingerprint density at radius 3 is 2.41 bits per heavy atom. The van der Waals surface area contributed by atoms with E-state index in [2.05, 4.69) is 25.4 Å². The second-order valence-corrected chi connectivity index (χ2v) is 10.6. The van der Waals surface area contributed by atoms with Crippen molar-refractivity contribution in [2.24, 2.45) is 0 Å². The molecule has 3 aromatic carbocycles. The lowest BCUT2D eigenvalue weighted by atomic mass is 10.0. The molecule has 4 aromatic rings. The summed E-state index contributed by atoms with van der Waals surface area (Å²) < 4.78 is 30.1. The molecule has 0 saturated heterocycles. The first-order valence-electron chi connectivity index (χ1n) is 11.4. The summed E-state index contributed by atoms with van der Waals surface area (Å²) in [5, 5.41) is 10.9. The smallest absolute Gasteiger partial charge is 0.264 e. The molecular weight excluding hydrogens is 512 g/mol. The Kier molecular flexibility index (Phi) is 6.45. The molecule has 0 spiro atoms. The minimum absolute atomic E-state index is 0.00320. The van der Waals surface area contributed by atoms with Crippen molar-refractivity contribution < 1.29 is 13.2 Å². The van der Waals surface area contributed by atoms with Gasteiger partial charge in [-0.15, -0.1) is 5.10 Å². The Morgan fingerprint density at radius 2 is 1.73 bits per heavy atom. The number of carbonyl (C=O) groups is 1. The Morgan fingerprint density at radius 1 is 1.03 bits per heavy atom. The number of carbonyl (C=O) groups excluding carboxylic acids is 1. The van der Waals surface area contributed by atoms with Crippen LogP contribution in [0.25, 0.3) is 5.70 Å². The Hall–Kier alpha value is -4.15. The minimum Gasteiger partial charge on any atom is -0.326 e. The summed E-state index contributed by atoms with van der Waals surface area (Å²) in [7, 11) is -3.99. The van der Waals surface area contributed by atoms with Gasteiger partial charge in [0.1, 0.15) is 6.04 Å². The molecule has 1 atom stereocenters. The third-order valence-electron chi connectivity index (χ3n) is 5.76. The molecule has 37 heavy (non-hydrogen) atoms. The van der Waals surface area contributed by atoms with E-state index in [0.717, 1.165) is 22.4 Å². The van der Waals surface area contributed by atoms with Crippen molar-refractivity contribution in [2.75, 3.05) is 15.4 Å². The average molecular weight is 535 g/mol. The number of allylic oxidation sites excluding steroid dienone is 1. The predicted octanol–water partition coefficient (Wildman–Crippen LogP) is 5.06. The number of benzene rings is 3. The van der Waals surface area contributed by atoms with Crippen LogP contribution in [0.15, 0.2) is 83.8 Å². The zero-order chi connectivity index (χ0) is 26.2. The highest BCUT2D eigenvalue weighted by Crippen LogP contribution is 2.36. The number of sulfonamides is 1. The number of hydrogen-bond donors (Lipinski definition) is 3. The van der Waals surface area contributed by atoms with Gasteiger partial charge in [-0.05, 0) is 54.5 Å². The highest BCUT2D eigenvalue weighted by atomic mass is 35.5. The number of amides is 1. The van der Waals surface area contributed by atoms with Gasteiger partial charge in [0.15, 0.2) is 0 Å². The molecule has 0 fully saturated rings. The molecule has 1 aliphatic rings. The number of anilines is 3. The van der Waals surface area contributed by atoms with Gasteiger partial charge in [-0.1, -0.05) is 59.6 Å². The number of nitrogens with zero attached hydrogens (tertiary/aromatic N) is 3. The van der Waals surface area contributed by atoms with Crippen molar-refractivity contribution in [1.82, 2.24) is 14.8 Å². The van der Waals surface area contributed by atoms with Crippen molar-refractivity contribution in [2.45, 2.75) is 24.8 Å². The van der Waals surface area contributed by atoms with Gasteiger partial charge in [-0.25, -0.2) is 17.8 Å². The topological polar surface area (TPSA) is 118 Å². The summed E-state index contributed by atoms with van der Waals surface area (Å²) in [4.78, 5) is 15.7. The Labute approximate surface area is 219 Å². The van der Waals surface area contributed by atoms with Gasteiger partial charge in [0.05, 0.1) is 4.90 Å². The number of rotatable bonds is 6. The number of aryl methyl sites for hydroxylation is 1. The zero-order valence-electron chi connectivity index (χ0n) is 19.9. The minimum atomic E-state index is -3.99. The van der Waals surface area contributed by atoms with Crippen LogP contribution in [0.1, 0.15) is 29.7 Å². The third-order valence-corrected chi connectivity index (χ3v) is 7.45. The van der Waals surface area contributed by atoms with E-state index in [0.29, 0.717) is 16.7 Å². The largest absolute Gasteiger partial charge is 0.326 e. The molecule has 0 aliphatic carbocycles. The van der Waals surface area contributed by atoms with E-state index in [9.17, 15) is 13.2 Å². The van der Waals surface area contributed by atoms with Crippen LogP contribution < -0.4 is 15.4 Å². The lowest BCUT2D eigenvalue weighted by Crippen LogP contribution is -2.20. The first-order valence-corrected chi connectivity index (χ1v) is 13.2. The molecule has 1 amide bonds. The normalized spacial score (nSPS) is 14.8. The van der Waals surface area contributed by atoms with Crippen molar-refractivity contribution in [1.29, 1.82) is 0 Å². The van der Waals surface area contributed by atoms with E-state index in [4.69, 9.17) is 11.6 Å². The number of aromatic nitrogens is 3. The van der Waals surface area contributed by atoms with Crippen LogP contribution >= 0.6 is 11.6 Å². The number of fused-ring (bicyclic) bond motifs is 1. The second-order valence-electron chi connectivity index (χ2n) is 8.55. The van der Waals surface area contributed by atoms with Crippen molar-refractivity contribution in [3.05, 3.63) is 101 Å². The number of nitrogens with one attached hydrogen (secondary N) is 3. The van der Waals surface area contributed by atoms with Gasteiger partial charge >= 0.3 is 0 Å². The molecule has 188 valence electrons. The molecule has 3 N–H and O–H groups in total. The first kappa shape index (κ1) is 24.5. The van der Waals surface area contributed by atoms with Crippen LogP contribution in [-0.2, 0) is 14.8 Å². The van der Waals surface area contributed by atoms with E-state index in [1.165, 1.54) is 31.2 Å². The summed E-state index contributed by atoms with van der Waals surface area (Å²) >= 11 is 6.53. The Bertz CT molecular complexity index is 1610. The van der Waals surface area contributed by atoms with Crippen molar-refractivity contribution >= 4 is 50.8 Å². The fraction of sp³-hybridized carbons (Fsp3) is 0.115. The average Bonchev–Trinajstić information content (AvgIpc) is 3.26. The maximum absolute atomic E-state index is 13.0. The van der Waals surface area contributed by atoms with Crippen LogP contribution in [0.5, 0.6) is 0 Å². The molecule has 0 unspecified atom stereocenters. The molecule has 1 aliphatic heterocycles. The lowest BCUT2D eigenvalue weighted by molar-refractivity contribution is -0.114. The quantitative estimate of drug-likeness (QED) is 0.318. The second kappa shape index (κ2) is 9.72. The summed E-state index contributed by atoms with van der Waals surface area (Å²) in [5.41, 5.74) is 4.16. The van der Waals surface area contributed by atoms with Crippen molar-refractivity contribution in [3.63, 3.8) is 0 Å². The fourth-order valence-corrected chi connectivity index (χ4v) is 5.16. The monoisotopic (exact) mass is 534 g/mol. The summed E-state index contributed by atoms with van der Waals surface area (Å²) in [6, 6.07) is 20.8. The molecule has 5 rings (SSSR count). The maximum Gasteiger partial charge on any atom is 0.264 e. The molecule has 1 aromatic heterocycles. The van der Waals surface area contributed by atoms with Crippen LogP contribution in [0.4, 0.5) is 17.6 Å². The van der Waals surface area contributed by atoms with Gasteiger partial charge in [-0.3, -0.25) is 4.79 Å². The fourth-order valence-electron chi connectivity index (χ4n) is 3.97. The predicted molar refractivity (Wildman–Crippen MR) is 144 cm³/mol. The lowest BCUT2D eigenvalue weighted by Gasteiger charge is -2.25. The molecule has 11 heteroatoms. The highest BCUT2D eigenvalue weighted by molar-refractivity contribution is 7.92. The standard InChI is InChI=1S/C26H23ClN6O3S/c1-16-7-9-18(10-8-16)23-15-24(21-5-3-4-6-22(21)27)33-26(29-23)30-25(31-33)32-37(35,36)20-13-11-19(12-14-20)28-17(2)34/h3-15,24H,1-2H3,(H,28,34)(H2,29,30,31,32)/t24-/m1/s1. The van der Waals surface area contributed by atoms with E-state index in [-0.39, 0.29) is 16.8 Å². The Balaban J connectivity index is 1.49. The molecule has 2 heterocycles. The van der Waals surface area contributed by atoms with Gasteiger partial charge in [-0.2, -0.15) is 4.98 Å². The van der Waals surface area contributed by atoms with E-state index >= 15 is 0 Å². The maximum atomic E-state index is 13.0. The van der Waals surface area contributed by atoms with Crippen LogP contribution in [0.2, 0.25) is 5.02 Å². The first-order chi connectivity index (χ1) is 17.7. The van der Waals surface area contributed by atoms with Crippen LogP contribution in [0.3, 0.4) is 0 Å². The number of hydrogen-bond acceptors (Lipinski definition) is 6. The van der Waals surface area contributed by atoms with Crippen molar-refractivity contribution in [3.8, 4) is 0 Å². The summed E-state index contributed by atoms with van der Waals surface area (Å²) in [6.07, 6.45) is 1.98. The molecule has 0 radical (unpaired) electrons. The molecule has 0 bridgehead atoms. The SMILES string of the molecule is CC(=O)Nc1ccc(S(=O)(=O)Nc2nc3n(n2)[C@@H](c2ccccc2Cl)C=C(c2ccc(C)cc2)N3)cc1. The van der Waals surface area contributed by atoms with Crippen LogP contribution in [-0.4, -0.2) is 29.1 Å². The van der Waals surface area contributed by atoms with Gasteiger partial charge in [0.2, 0.25) is 11.9 Å². The van der Waals surface area contributed by atoms with E-state index < -0.39 is 16.1 Å². The third kappa shape index (κ3) is 5.20. The number of halogens is 1. The van der Waals surface area contributed by atoms with Gasteiger partial charge < -0.3 is 10.6 Å². The van der Waals surface area contributed by atoms with Gasteiger partial charge in [0, 0.05) is 23.3 Å². The molecule has 9 nitrogen and oxygen atoms in total. The summed E-state index contributed by atoms with van der Waals surface area (Å²) in [5.74, 6) is 0.0199. The van der Waals surface area contributed by atoms with Crippen LogP contribution in [0, 0.1) is 6.92 Å². The van der Waals surface area contributed by atoms with E-state index in [1.807, 2.05) is 55.5 Å². The zero-order valence-corrected chi connectivity index (χ0v) is 21.5. The van der Waals surface area contributed by atoms with E-state index in [1.54, 1.807) is 10.7 Å². The molecular formula is C26H23ClN6O3S.